The summed E-state index contributed by atoms with van der Waals surface area (Å²) in [6.45, 7) is 3.98. The van der Waals surface area contributed by atoms with Crippen molar-refractivity contribution in [3.63, 3.8) is 0 Å². The van der Waals surface area contributed by atoms with Crippen LogP contribution < -0.4 is 0 Å². The Morgan fingerprint density at radius 2 is 2.38 bits per heavy atom. The van der Waals surface area contributed by atoms with E-state index in [1.165, 1.54) is 0 Å². The molecule has 0 unspecified atom stereocenters. The van der Waals surface area contributed by atoms with Crippen LogP contribution in [-0.4, -0.2) is 18.5 Å². The van der Waals surface area contributed by atoms with Gasteiger partial charge in [-0.15, -0.1) is 0 Å². The average Bonchev–Trinajstić information content (AvgIpc) is 1.77. The Kier molecular flexibility index (Phi) is 2.20. The number of thiol groups is 1. The van der Waals surface area contributed by atoms with E-state index in [2.05, 4.69) is 19.6 Å². The first-order valence-electron chi connectivity index (χ1n) is 3.06. The molecule has 0 amide bonds. The summed E-state index contributed by atoms with van der Waals surface area (Å²) in [5.41, 5.74) is 0. The Balaban J connectivity index is 2.28. The van der Waals surface area contributed by atoms with Gasteiger partial charge in [0.25, 0.3) is 0 Å². The first-order chi connectivity index (χ1) is 3.80. The van der Waals surface area contributed by atoms with Crippen LogP contribution in [0.25, 0.3) is 0 Å². The maximum absolute atomic E-state index is 5.20. The van der Waals surface area contributed by atoms with Crippen LogP contribution in [0.1, 0.15) is 13.3 Å². The molecule has 0 aliphatic carbocycles. The van der Waals surface area contributed by atoms with Crippen molar-refractivity contribution in [2.24, 2.45) is 5.92 Å². The lowest BCUT2D eigenvalue weighted by Crippen LogP contribution is -2.25. The summed E-state index contributed by atoms with van der Waals surface area (Å²) in [4.78, 5) is 0. The van der Waals surface area contributed by atoms with Crippen molar-refractivity contribution < 1.29 is 4.74 Å². The summed E-state index contributed by atoms with van der Waals surface area (Å²) >= 11 is 4.38. The third-order valence-corrected chi connectivity index (χ3v) is 2.36. The van der Waals surface area contributed by atoms with Crippen LogP contribution in [0.3, 0.4) is 0 Å². The van der Waals surface area contributed by atoms with Crippen LogP contribution in [0.15, 0.2) is 0 Å². The molecule has 1 fully saturated rings. The highest BCUT2D eigenvalue weighted by atomic mass is 32.1. The zero-order chi connectivity index (χ0) is 5.98. The lowest BCUT2D eigenvalue weighted by Gasteiger charge is -2.24. The molecular weight excluding hydrogens is 120 g/mol. The molecule has 0 spiro atoms. The number of hydrogen-bond donors (Lipinski definition) is 1. The normalized spacial score (nSPS) is 39.8. The van der Waals surface area contributed by atoms with Crippen molar-refractivity contribution in [1.29, 1.82) is 0 Å². The van der Waals surface area contributed by atoms with Gasteiger partial charge in [-0.25, -0.2) is 0 Å². The van der Waals surface area contributed by atoms with Crippen molar-refractivity contribution in [2.75, 3.05) is 13.2 Å². The number of ether oxygens (including phenoxy) is 1. The summed E-state index contributed by atoms with van der Waals surface area (Å²) in [5, 5.41) is 0.573. The molecule has 0 aromatic rings. The van der Waals surface area contributed by atoms with Crippen LogP contribution in [0, 0.1) is 5.92 Å². The molecule has 48 valence electrons. The minimum atomic E-state index is 0.573. The van der Waals surface area contributed by atoms with Crippen LogP contribution in [-0.2, 0) is 4.74 Å². The lowest BCUT2D eigenvalue weighted by atomic mass is 10.0. The predicted molar refractivity (Wildman–Crippen MR) is 37.4 cm³/mol. The molecule has 0 radical (unpaired) electrons. The molecule has 1 nitrogen and oxygen atoms in total. The molecule has 2 heteroatoms. The molecule has 8 heavy (non-hydrogen) atoms. The molecule has 1 aliphatic heterocycles. The molecule has 0 aromatic heterocycles. The van der Waals surface area contributed by atoms with Crippen molar-refractivity contribution >= 4 is 12.6 Å². The van der Waals surface area contributed by atoms with Gasteiger partial charge in [-0.2, -0.15) is 12.6 Å². The van der Waals surface area contributed by atoms with Crippen LogP contribution >= 0.6 is 12.6 Å². The van der Waals surface area contributed by atoms with Crippen molar-refractivity contribution in [1.82, 2.24) is 0 Å². The third kappa shape index (κ3) is 1.39. The summed E-state index contributed by atoms with van der Waals surface area (Å²) in [7, 11) is 0. The van der Waals surface area contributed by atoms with Crippen molar-refractivity contribution in [3.05, 3.63) is 0 Å². The fourth-order valence-electron chi connectivity index (χ4n) is 0.869. The van der Waals surface area contributed by atoms with Gasteiger partial charge in [-0.3, -0.25) is 0 Å². The Hall–Kier alpha value is 0.310. The van der Waals surface area contributed by atoms with E-state index in [1.54, 1.807) is 0 Å². The van der Waals surface area contributed by atoms with E-state index in [4.69, 9.17) is 4.74 Å². The highest BCUT2D eigenvalue weighted by Gasteiger charge is 2.17. The monoisotopic (exact) mass is 132 g/mol. The maximum atomic E-state index is 5.20. The second-order valence-corrected chi connectivity index (χ2v) is 3.07. The SMILES string of the molecule is C[C@H]1COCC[C@H]1S. The summed E-state index contributed by atoms with van der Waals surface area (Å²) in [6.07, 6.45) is 1.12. The Morgan fingerprint density at radius 1 is 1.62 bits per heavy atom. The molecule has 0 aromatic carbocycles. The lowest BCUT2D eigenvalue weighted by molar-refractivity contribution is 0.0661. The molecule has 2 atom stereocenters. The summed E-state index contributed by atoms with van der Waals surface area (Å²) in [6, 6.07) is 0. The first kappa shape index (κ1) is 6.43. The van der Waals surface area contributed by atoms with Crippen LogP contribution in [0.2, 0.25) is 0 Å². The largest absolute Gasteiger partial charge is 0.381 e. The van der Waals surface area contributed by atoms with Crippen LogP contribution in [0.5, 0.6) is 0 Å². The molecule has 1 heterocycles. The molecule has 0 N–H and O–H groups in total. The van der Waals surface area contributed by atoms with Gasteiger partial charge in [0.15, 0.2) is 0 Å². The van der Waals surface area contributed by atoms with Gasteiger partial charge >= 0.3 is 0 Å². The van der Waals surface area contributed by atoms with E-state index in [0.29, 0.717) is 11.2 Å². The van der Waals surface area contributed by atoms with E-state index in [9.17, 15) is 0 Å². The smallest absolute Gasteiger partial charge is 0.0502 e. The fourth-order valence-corrected chi connectivity index (χ4v) is 1.06. The van der Waals surface area contributed by atoms with E-state index >= 15 is 0 Å². The average molecular weight is 132 g/mol. The summed E-state index contributed by atoms with van der Waals surface area (Å²) < 4.78 is 5.20. The molecule has 1 aliphatic rings. The first-order valence-corrected chi connectivity index (χ1v) is 3.58. The molecule has 1 rings (SSSR count). The predicted octanol–water partition coefficient (Wildman–Crippen LogP) is 1.34. The highest BCUT2D eigenvalue weighted by Crippen LogP contribution is 2.18. The molecule has 0 saturated carbocycles. The molecule has 0 bridgehead atoms. The van der Waals surface area contributed by atoms with E-state index in [0.717, 1.165) is 19.6 Å². The van der Waals surface area contributed by atoms with Gasteiger partial charge < -0.3 is 4.74 Å². The van der Waals surface area contributed by atoms with Gasteiger partial charge in [0.1, 0.15) is 0 Å². The van der Waals surface area contributed by atoms with E-state index in [1.807, 2.05) is 0 Å². The Bertz CT molecular complexity index is 64.9. The van der Waals surface area contributed by atoms with Crippen molar-refractivity contribution in [2.45, 2.75) is 18.6 Å². The minimum Gasteiger partial charge on any atom is -0.381 e. The zero-order valence-corrected chi connectivity index (χ0v) is 6.03. The second kappa shape index (κ2) is 2.74. The Morgan fingerprint density at radius 3 is 2.75 bits per heavy atom. The maximum Gasteiger partial charge on any atom is 0.0502 e. The molecule has 1 saturated heterocycles. The zero-order valence-electron chi connectivity index (χ0n) is 5.13. The third-order valence-electron chi connectivity index (χ3n) is 1.60. The second-order valence-electron chi connectivity index (χ2n) is 2.41. The topological polar surface area (TPSA) is 9.23 Å². The van der Waals surface area contributed by atoms with E-state index in [-0.39, 0.29) is 0 Å². The van der Waals surface area contributed by atoms with Crippen molar-refractivity contribution in [3.8, 4) is 0 Å². The molecular formula is C6H12OS. The van der Waals surface area contributed by atoms with E-state index < -0.39 is 0 Å². The van der Waals surface area contributed by atoms with Gasteiger partial charge in [-0.05, 0) is 12.3 Å². The Labute approximate surface area is 55.8 Å². The number of hydrogen-bond acceptors (Lipinski definition) is 2. The fraction of sp³-hybridized carbons (Fsp3) is 1.00. The number of rotatable bonds is 0. The quantitative estimate of drug-likeness (QED) is 0.489. The highest BCUT2D eigenvalue weighted by molar-refractivity contribution is 7.81. The van der Waals surface area contributed by atoms with Gasteiger partial charge in [0.05, 0.1) is 6.61 Å². The van der Waals surface area contributed by atoms with Crippen LogP contribution in [0.4, 0.5) is 0 Å². The standard InChI is InChI=1S/C6H12OS/c1-5-4-7-3-2-6(5)8/h5-6,8H,2-4H2,1H3/t5-,6+/m0/s1. The van der Waals surface area contributed by atoms with Gasteiger partial charge in [0.2, 0.25) is 0 Å². The van der Waals surface area contributed by atoms with Gasteiger partial charge in [-0.1, -0.05) is 6.92 Å². The minimum absolute atomic E-state index is 0.573. The summed E-state index contributed by atoms with van der Waals surface area (Å²) in [5.74, 6) is 0.645. The van der Waals surface area contributed by atoms with Gasteiger partial charge in [0, 0.05) is 11.9 Å².